The van der Waals surface area contributed by atoms with Crippen LogP contribution in [0.5, 0.6) is 0 Å². The number of nitrogens with one attached hydrogen (secondary N) is 2. The van der Waals surface area contributed by atoms with Crippen molar-refractivity contribution in [2.75, 3.05) is 19.6 Å². The van der Waals surface area contributed by atoms with Gasteiger partial charge in [0.1, 0.15) is 0 Å². The Morgan fingerprint density at radius 3 is 3.08 bits per heavy atom. The van der Waals surface area contributed by atoms with Gasteiger partial charge in [-0.15, -0.1) is 0 Å². The molecule has 1 unspecified atom stereocenters. The second kappa shape index (κ2) is 3.90. The van der Waals surface area contributed by atoms with Crippen LogP contribution in [0.1, 0.15) is 25.7 Å². The summed E-state index contributed by atoms with van der Waals surface area (Å²) in [5, 5.41) is 6.80. The maximum absolute atomic E-state index is 4.37. The van der Waals surface area contributed by atoms with Crippen LogP contribution in [0.15, 0.2) is 4.99 Å². The molecule has 1 fully saturated rings. The largest absolute Gasteiger partial charge is 0.372 e. The molecule has 0 aromatic heterocycles. The third kappa shape index (κ3) is 1.97. The molecule has 0 saturated carbocycles. The summed E-state index contributed by atoms with van der Waals surface area (Å²) in [4.78, 5) is 4.37. The molecule has 0 radical (unpaired) electrons. The van der Waals surface area contributed by atoms with E-state index in [2.05, 4.69) is 15.6 Å². The highest BCUT2D eigenvalue weighted by Crippen LogP contribution is 2.11. The minimum absolute atomic E-state index is 0.759. The van der Waals surface area contributed by atoms with Crippen LogP contribution in [0.2, 0.25) is 0 Å². The quantitative estimate of drug-likeness (QED) is 0.643. The Kier molecular flexibility index (Phi) is 2.61. The first-order valence-electron chi connectivity index (χ1n) is 4.96. The van der Waals surface area contributed by atoms with Gasteiger partial charge in [-0.05, 0) is 25.8 Å². The Bertz CT molecular complexity index is 171. The molecule has 3 nitrogen and oxygen atoms in total. The molecule has 2 rings (SSSR count). The molecular weight excluding hydrogens is 150 g/mol. The van der Waals surface area contributed by atoms with Gasteiger partial charge in [0.25, 0.3) is 0 Å². The van der Waals surface area contributed by atoms with E-state index in [1.54, 1.807) is 0 Å². The molecule has 0 aromatic rings. The lowest BCUT2D eigenvalue weighted by atomic mass is 10.1. The summed E-state index contributed by atoms with van der Waals surface area (Å²) < 4.78 is 0. The van der Waals surface area contributed by atoms with Gasteiger partial charge in [-0.2, -0.15) is 0 Å². The number of hydrogen-bond acceptors (Lipinski definition) is 3. The van der Waals surface area contributed by atoms with Crippen molar-refractivity contribution in [3.05, 3.63) is 0 Å². The lowest BCUT2D eigenvalue weighted by Crippen LogP contribution is -2.25. The van der Waals surface area contributed by atoms with E-state index in [0.29, 0.717) is 0 Å². The zero-order valence-electron chi connectivity index (χ0n) is 7.47. The monoisotopic (exact) mass is 167 g/mol. The molecule has 2 heterocycles. The Hall–Kier alpha value is -0.570. The predicted molar refractivity (Wildman–Crippen MR) is 50.6 cm³/mol. The summed E-state index contributed by atoms with van der Waals surface area (Å²) >= 11 is 0. The van der Waals surface area contributed by atoms with Gasteiger partial charge in [-0.3, -0.25) is 4.99 Å². The smallest absolute Gasteiger partial charge is 0.0965 e. The van der Waals surface area contributed by atoms with Crippen molar-refractivity contribution >= 4 is 5.84 Å². The standard InChI is InChI=1S/C9H17N3/c1-2-8(10-5-1)3-4-9-11-6-7-12-9/h8,10H,1-7H2,(H,11,12). The molecule has 1 atom stereocenters. The van der Waals surface area contributed by atoms with Crippen molar-refractivity contribution in [2.45, 2.75) is 31.7 Å². The highest BCUT2D eigenvalue weighted by Gasteiger charge is 2.15. The molecular formula is C9H17N3. The summed E-state index contributed by atoms with van der Waals surface area (Å²) in [6, 6.07) is 0.759. The number of hydrogen-bond donors (Lipinski definition) is 2. The van der Waals surface area contributed by atoms with E-state index in [4.69, 9.17) is 0 Å². The van der Waals surface area contributed by atoms with Gasteiger partial charge < -0.3 is 10.6 Å². The third-order valence-electron chi connectivity index (χ3n) is 2.64. The second-order valence-corrected chi connectivity index (χ2v) is 3.59. The Morgan fingerprint density at radius 2 is 2.42 bits per heavy atom. The molecule has 2 aliphatic rings. The van der Waals surface area contributed by atoms with E-state index >= 15 is 0 Å². The number of aliphatic imine (C=N–C) groups is 1. The lowest BCUT2D eigenvalue weighted by Gasteiger charge is -2.09. The molecule has 0 amide bonds. The molecule has 3 heteroatoms. The number of amidine groups is 1. The molecule has 0 spiro atoms. The molecule has 2 aliphatic heterocycles. The van der Waals surface area contributed by atoms with Crippen LogP contribution in [-0.2, 0) is 0 Å². The van der Waals surface area contributed by atoms with E-state index in [9.17, 15) is 0 Å². The second-order valence-electron chi connectivity index (χ2n) is 3.59. The van der Waals surface area contributed by atoms with Crippen molar-refractivity contribution in [2.24, 2.45) is 4.99 Å². The molecule has 0 aliphatic carbocycles. The first kappa shape index (κ1) is 8.05. The molecule has 1 saturated heterocycles. The van der Waals surface area contributed by atoms with E-state index in [0.717, 1.165) is 25.6 Å². The number of rotatable bonds is 3. The fourth-order valence-corrected chi connectivity index (χ4v) is 1.93. The van der Waals surface area contributed by atoms with Crippen molar-refractivity contribution in [3.8, 4) is 0 Å². The van der Waals surface area contributed by atoms with E-state index in [-0.39, 0.29) is 0 Å². The molecule has 68 valence electrons. The van der Waals surface area contributed by atoms with Crippen molar-refractivity contribution in [1.29, 1.82) is 0 Å². The first-order chi connectivity index (χ1) is 5.95. The summed E-state index contributed by atoms with van der Waals surface area (Å²) in [6.45, 7) is 3.24. The van der Waals surface area contributed by atoms with Gasteiger partial charge in [0.2, 0.25) is 0 Å². The number of nitrogens with zero attached hydrogens (tertiary/aromatic N) is 1. The first-order valence-corrected chi connectivity index (χ1v) is 4.96. The highest BCUT2D eigenvalue weighted by molar-refractivity contribution is 5.83. The van der Waals surface area contributed by atoms with Crippen LogP contribution in [0.4, 0.5) is 0 Å². The maximum Gasteiger partial charge on any atom is 0.0965 e. The average molecular weight is 167 g/mol. The lowest BCUT2D eigenvalue weighted by molar-refractivity contribution is 0.569. The maximum atomic E-state index is 4.37. The molecule has 0 bridgehead atoms. The molecule has 0 aromatic carbocycles. The summed E-state index contributed by atoms with van der Waals surface area (Å²) in [5.74, 6) is 1.23. The summed E-state index contributed by atoms with van der Waals surface area (Å²) in [5.41, 5.74) is 0. The van der Waals surface area contributed by atoms with Crippen molar-refractivity contribution in [1.82, 2.24) is 10.6 Å². The van der Waals surface area contributed by atoms with Crippen LogP contribution in [0.3, 0.4) is 0 Å². The van der Waals surface area contributed by atoms with E-state index in [1.165, 1.54) is 31.6 Å². The fourth-order valence-electron chi connectivity index (χ4n) is 1.93. The highest BCUT2D eigenvalue weighted by atomic mass is 15.1. The minimum atomic E-state index is 0.759. The predicted octanol–water partition coefficient (Wildman–Crippen LogP) is 0.520. The Labute approximate surface area is 73.6 Å². The van der Waals surface area contributed by atoms with Crippen LogP contribution in [-0.4, -0.2) is 31.5 Å². The Balaban J connectivity index is 1.67. The third-order valence-corrected chi connectivity index (χ3v) is 2.64. The van der Waals surface area contributed by atoms with Gasteiger partial charge in [-0.1, -0.05) is 0 Å². The topological polar surface area (TPSA) is 36.4 Å². The van der Waals surface area contributed by atoms with Crippen molar-refractivity contribution in [3.63, 3.8) is 0 Å². The summed E-state index contributed by atoms with van der Waals surface area (Å²) in [6.07, 6.45) is 5.10. The molecule has 2 N–H and O–H groups in total. The van der Waals surface area contributed by atoms with E-state index in [1.807, 2.05) is 0 Å². The van der Waals surface area contributed by atoms with Crippen molar-refractivity contribution < 1.29 is 0 Å². The van der Waals surface area contributed by atoms with Crippen LogP contribution in [0, 0.1) is 0 Å². The van der Waals surface area contributed by atoms with E-state index < -0.39 is 0 Å². The van der Waals surface area contributed by atoms with Gasteiger partial charge in [-0.25, -0.2) is 0 Å². The summed E-state index contributed by atoms with van der Waals surface area (Å²) in [7, 11) is 0. The van der Waals surface area contributed by atoms with Crippen LogP contribution < -0.4 is 10.6 Å². The zero-order valence-corrected chi connectivity index (χ0v) is 7.47. The zero-order chi connectivity index (χ0) is 8.23. The normalized spacial score (nSPS) is 28.7. The van der Waals surface area contributed by atoms with Gasteiger partial charge in [0.05, 0.1) is 12.4 Å². The average Bonchev–Trinajstić information content (AvgIpc) is 2.74. The fraction of sp³-hybridized carbons (Fsp3) is 0.889. The van der Waals surface area contributed by atoms with Gasteiger partial charge in [0.15, 0.2) is 0 Å². The van der Waals surface area contributed by atoms with Gasteiger partial charge in [0, 0.05) is 19.0 Å². The SMILES string of the molecule is C1CNC(CCC2=NCCN2)C1. The molecule has 12 heavy (non-hydrogen) atoms. The Morgan fingerprint density at radius 1 is 1.42 bits per heavy atom. The van der Waals surface area contributed by atoms with Gasteiger partial charge >= 0.3 is 0 Å². The van der Waals surface area contributed by atoms with Crippen LogP contribution in [0.25, 0.3) is 0 Å². The minimum Gasteiger partial charge on any atom is -0.372 e. The van der Waals surface area contributed by atoms with Crippen LogP contribution >= 0.6 is 0 Å².